The summed E-state index contributed by atoms with van der Waals surface area (Å²) in [4.78, 5) is 38.5. The Kier molecular flexibility index (Phi) is 5.82. The molecule has 0 atom stereocenters. The van der Waals surface area contributed by atoms with Gasteiger partial charge in [0.15, 0.2) is 0 Å². The molecule has 1 fully saturated rings. The molecule has 0 saturated carbocycles. The van der Waals surface area contributed by atoms with Crippen molar-refractivity contribution in [2.75, 3.05) is 25.7 Å². The van der Waals surface area contributed by atoms with Crippen LogP contribution < -0.4 is 24.4 Å². The molecule has 1 heterocycles. The minimum absolute atomic E-state index is 0.193. The number of rotatable bonds is 6. The molecular weight excluding hydrogens is 376 g/mol. The maximum Gasteiger partial charge on any atom is 0.335 e. The molecule has 0 radical (unpaired) electrons. The molecule has 29 heavy (non-hydrogen) atoms. The van der Waals surface area contributed by atoms with Gasteiger partial charge in [-0.15, -0.1) is 0 Å². The van der Waals surface area contributed by atoms with Gasteiger partial charge in [-0.05, 0) is 49.4 Å². The number of methoxy groups -OCH3 is 2. The maximum absolute atomic E-state index is 13.0. The topological polar surface area (TPSA) is 94.2 Å². The lowest BCUT2D eigenvalue weighted by Gasteiger charge is -2.26. The lowest BCUT2D eigenvalue weighted by Crippen LogP contribution is -2.54. The van der Waals surface area contributed by atoms with Crippen molar-refractivity contribution in [3.05, 3.63) is 53.6 Å². The Morgan fingerprint density at radius 3 is 2.28 bits per heavy atom. The molecule has 0 aliphatic carbocycles. The van der Waals surface area contributed by atoms with E-state index in [1.807, 2.05) is 6.92 Å². The highest BCUT2D eigenvalue weighted by atomic mass is 16.5. The molecule has 0 aromatic heterocycles. The first-order valence-electron chi connectivity index (χ1n) is 8.84. The van der Waals surface area contributed by atoms with Crippen LogP contribution in [0.4, 0.5) is 10.5 Å². The second-order valence-electron chi connectivity index (χ2n) is 5.99. The van der Waals surface area contributed by atoms with Crippen LogP contribution in [0.1, 0.15) is 12.5 Å². The molecule has 0 bridgehead atoms. The third-order valence-corrected chi connectivity index (χ3v) is 4.25. The van der Waals surface area contributed by atoms with Crippen LogP contribution in [0.5, 0.6) is 17.2 Å². The molecule has 0 unspecified atom stereocenters. The Hall–Kier alpha value is -3.81. The van der Waals surface area contributed by atoms with Gasteiger partial charge in [-0.3, -0.25) is 14.9 Å². The molecule has 4 amide bonds. The Morgan fingerprint density at radius 1 is 0.966 bits per heavy atom. The van der Waals surface area contributed by atoms with E-state index in [1.165, 1.54) is 20.3 Å². The Bertz CT molecular complexity index is 981. The molecule has 150 valence electrons. The van der Waals surface area contributed by atoms with Crippen LogP contribution in [0.15, 0.2) is 48.0 Å². The van der Waals surface area contributed by atoms with Gasteiger partial charge < -0.3 is 14.2 Å². The summed E-state index contributed by atoms with van der Waals surface area (Å²) in [5.74, 6) is 0.0772. The summed E-state index contributed by atoms with van der Waals surface area (Å²) >= 11 is 0. The third kappa shape index (κ3) is 4.06. The van der Waals surface area contributed by atoms with Gasteiger partial charge in [-0.2, -0.15) is 0 Å². The molecule has 8 heteroatoms. The Labute approximate surface area is 167 Å². The highest BCUT2D eigenvalue weighted by Gasteiger charge is 2.37. The van der Waals surface area contributed by atoms with E-state index in [1.54, 1.807) is 42.5 Å². The highest BCUT2D eigenvalue weighted by molar-refractivity contribution is 6.39. The Morgan fingerprint density at radius 2 is 1.66 bits per heavy atom. The Balaban J connectivity index is 1.98. The van der Waals surface area contributed by atoms with Crippen molar-refractivity contribution in [1.29, 1.82) is 0 Å². The van der Waals surface area contributed by atoms with E-state index >= 15 is 0 Å². The number of nitrogens with one attached hydrogen (secondary N) is 1. The first-order valence-corrected chi connectivity index (χ1v) is 8.84. The zero-order valence-electron chi connectivity index (χ0n) is 16.2. The fraction of sp³-hybridized carbons (Fsp3) is 0.190. The number of barbiturate groups is 1. The molecule has 8 nitrogen and oxygen atoms in total. The molecule has 0 spiro atoms. The van der Waals surface area contributed by atoms with Crippen molar-refractivity contribution in [2.24, 2.45) is 0 Å². The van der Waals surface area contributed by atoms with Crippen LogP contribution in [0, 0.1) is 0 Å². The third-order valence-electron chi connectivity index (χ3n) is 4.25. The number of hydrogen-bond acceptors (Lipinski definition) is 6. The molecule has 1 saturated heterocycles. The lowest BCUT2D eigenvalue weighted by atomic mass is 10.1. The number of carbonyl (C=O) groups is 3. The standard InChI is InChI=1S/C21H20N2O6/c1-4-29-15-9-6-14(7-10-15)23-20(25)17(19(24)22-21(23)26)11-13-5-8-16(27-2)12-18(13)28-3/h5-12H,4H2,1-3H3,(H,22,24,26)/b17-11+. The van der Waals surface area contributed by atoms with Gasteiger partial charge in [0.05, 0.1) is 26.5 Å². The largest absolute Gasteiger partial charge is 0.497 e. The fourth-order valence-electron chi connectivity index (χ4n) is 2.84. The van der Waals surface area contributed by atoms with E-state index in [0.717, 1.165) is 4.90 Å². The summed E-state index contributed by atoms with van der Waals surface area (Å²) in [6.45, 7) is 2.35. The summed E-state index contributed by atoms with van der Waals surface area (Å²) in [6, 6.07) is 10.6. The summed E-state index contributed by atoms with van der Waals surface area (Å²) in [5.41, 5.74) is 0.616. The monoisotopic (exact) mass is 396 g/mol. The van der Waals surface area contributed by atoms with E-state index in [0.29, 0.717) is 35.1 Å². The number of anilines is 1. The molecule has 1 aliphatic rings. The van der Waals surface area contributed by atoms with Crippen molar-refractivity contribution in [2.45, 2.75) is 6.92 Å². The smallest absolute Gasteiger partial charge is 0.335 e. The zero-order chi connectivity index (χ0) is 21.0. The summed E-state index contributed by atoms with van der Waals surface area (Å²) in [5, 5.41) is 2.19. The summed E-state index contributed by atoms with van der Waals surface area (Å²) in [7, 11) is 2.99. The number of nitrogens with zero attached hydrogens (tertiary/aromatic N) is 1. The summed E-state index contributed by atoms with van der Waals surface area (Å²) < 4.78 is 15.8. The van der Waals surface area contributed by atoms with Crippen LogP contribution in [0.3, 0.4) is 0 Å². The first-order chi connectivity index (χ1) is 14.0. The highest BCUT2D eigenvalue weighted by Crippen LogP contribution is 2.29. The lowest BCUT2D eigenvalue weighted by molar-refractivity contribution is -0.122. The minimum Gasteiger partial charge on any atom is -0.497 e. The number of imide groups is 2. The van der Waals surface area contributed by atoms with Crippen molar-refractivity contribution >= 4 is 29.6 Å². The second-order valence-corrected chi connectivity index (χ2v) is 5.99. The average Bonchev–Trinajstić information content (AvgIpc) is 2.72. The van der Waals surface area contributed by atoms with Crippen LogP contribution in [-0.4, -0.2) is 38.7 Å². The number of ether oxygens (including phenoxy) is 3. The van der Waals surface area contributed by atoms with E-state index in [9.17, 15) is 14.4 Å². The molecular formula is C21H20N2O6. The van der Waals surface area contributed by atoms with Crippen molar-refractivity contribution in [3.8, 4) is 17.2 Å². The maximum atomic E-state index is 13.0. The predicted octanol–water partition coefficient (Wildman–Crippen LogP) is 2.77. The SMILES string of the molecule is CCOc1ccc(N2C(=O)NC(=O)/C(=C\c3ccc(OC)cc3OC)C2=O)cc1. The number of hydrogen-bond donors (Lipinski definition) is 1. The number of carbonyl (C=O) groups excluding carboxylic acids is 3. The van der Waals surface area contributed by atoms with Crippen LogP contribution in [0.25, 0.3) is 6.08 Å². The average molecular weight is 396 g/mol. The van der Waals surface area contributed by atoms with Gasteiger partial charge in [-0.25, -0.2) is 9.69 Å². The van der Waals surface area contributed by atoms with Crippen LogP contribution in [-0.2, 0) is 9.59 Å². The quantitative estimate of drug-likeness (QED) is 0.596. The minimum atomic E-state index is -0.817. The summed E-state index contributed by atoms with van der Waals surface area (Å²) in [6.07, 6.45) is 1.38. The molecule has 1 aliphatic heterocycles. The van der Waals surface area contributed by atoms with Gasteiger partial charge >= 0.3 is 6.03 Å². The molecule has 2 aromatic rings. The number of benzene rings is 2. The predicted molar refractivity (Wildman–Crippen MR) is 106 cm³/mol. The van der Waals surface area contributed by atoms with Crippen molar-refractivity contribution in [1.82, 2.24) is 5.32 Å². The zero-order valence-corrected chi connectivity index (χ0v) is 16.2. The van der Waals surface area contributed by atoms with E-state index in [4.69, 9.17) is 14.2 Å². The van der Waals surface area contributed by atoms with Gasteiger partial charge in [0.1, 0.15) is 22.8 Å². The number of urea groups is 1. The van der Waals surface area contributed by atoms with Gasteiger partial charge in [0, 0.05) is 11.6 Å². The molecule has 2 aromatic carbocycles. The first kappa shape index (κ1) is 19.9. The fourth-order valence-corrected chi connectivity index (χ4v) is 2.84. The van der Waals surface area contributed by atoms with E-state index < -0.39 is 17.8 Å². The normalized spacial score (nSPS) is 15.3. The van der Waals surface area contributed by atoms with Crippen LogP contribution in [0.2, 0.25) is 0 Å². The van der Waals surface area contributed by atoms with Crippen LogP contribution >= 0.6 is 0 Å². The van der Waals surface area contributed by atoms with Crippen molar-refractivity contribution in [3.63, 3.8) is 0 Å². The van der Waals surface area contributed by atoms with E-state index in [-0.39, 0.29) is 5.57 Å². The van der Waals surface area contributed by atoms with Crippen molar-refractivity contribution < 1.29 is 28.6 Å². The second kappa shape index (κ2) is 8.47. The van der Waals surface area contributed by atoms with Gasteiger partial charge in [0.2, 0.25) is 0 Å². The molecule has 1 N–H and O–H groups in total. The number of amides is 4. The van der Waals surface area contributed by atoms with Gasteiger partial charge in [0.25, 0.3) is 11.8 Å². The molecule has 3 rings (SSSR count). The van der Waals surface area contributed by atoms with Gasteiger partial charge in [-0.1, -0.05) is 0 Å². The van der Waals surface area contributed by atoms with E-state index in [2.05, 4.69) is 5.32 Å².